The van der Waals surface area contributed by atoms with Gasteiger partial charge in [0.15, 0.2) is 12.1 Å². The van der Waals surface area contributed by atoms with Gasteiger partial charge in [0.25, 0.3) is 0 Å². The molecule has 0 saturated carbocycles. The fourth-order valence-electron chi connectivity index (χ4n) is 4.80. The maximum atomic E-state index is 12.7. The van der Waals surface area contributed by atoms with E-state index in [1.165, 1.54) is 0 Å². The number of carboxylic acids is 1. The third kappa shape index (κ3) is 33.6. The quantitative estimate of drug-likeness (QED) is 0.0240. The van der Waals surface area contributed by atoms with Crippen LogP contribution < -0.4 is 0 Å². The molecule has 54 heavy (non-hydrogen) atoms. The molecule has 1 N–H and O–H groups in total. The molecule has 0 aromatic carbocycles. The fraction of sp³-hybridized carbons (Fsp3) is 0.500. The molecule has 0 bridgehead atoms. The van der Waals surface area contributed by atoms with Crippen LogP contribution in [0.2, 0.25) is 0 Å². The average Bonchev–Trinajstić information content (AvgIpc) is 3.12. The summed E-state index contributed by atoms with van der Waals surface area (Å²) in [5.74, 6) is -1.62. The molecule has 0 amide bonds. The number of carbonyl (C=O) groups excluding carboxylic acids is 2. The number of carbonyl (C=O) groups is 3. The second kappa shape index (κ2) is 35.7. The number of quaternary nitrogens is 1. The van der Waals surface area contributed by atoms with Crippen LogP contribution in [0.15, 0.2) is 122 Å². The van der Waals surface area contributed by atoms with E-state index in [4.69, 9.17) is 14.2 Å². The summed E-state index contributed by atoms with van der Waals surface area (Å²) in [7, 11) is 5.46. The van der Waals surface area contributed by atoms with Gasteiger partial charge < -0.3 is 23.8 Å². The molecular weight excluding hydrogens is 679 g/mol. The first-order chi connectivity index (χ1) is 26.1. The highest BCUT2D eigenvalue weighted by Crippen LogP contribution is 2.11. The van der Waals surface area contributed by atoms with Crippen LogP contribution in [0.25, 0.3) is 0 Å². The number of rotatable bonds is 32. The summed E-state index contributed by atoms with van der Waals surface area (Å²) in [6, 6.07) is -0.638. The van der Waals surface area contributed by atoms with E-state index < -0.39 is 18.1 Å². The maximum Gasteiger partial charge on any atom is 0.362 e. The van der Waals surface area contributed by atoms with Gasteiger partial charge in [-0.05, 0) is 57.8 Å². The number of carboxylic acid groups (broad SMARTS) is 1. The molecule has 0 spiro atoms. The van der Waals surface area contributed by atoms with Crippen molar-refractivity contribution in [2.45, 2.75) is 109 Å². The zero-order chi connectivity index (χ0) is 40.0. The second-order valence-electron chi connectivity index (χ2n) is 13.6. The molecule has 0 rings (SSSR count). The number of nitrogens with zero attached hydrogens (tertiary/aromatic N) is 1. The molecular formula is C46H70NO7+. The summed E-state index contributed by atoms with van der Waals surface area (Å²) < 4.78 is 17.1. The highest BCUT2D eigenvalue weighted by Gasteiger charge is 2.31. The summed E-state index contributed by atoms with van der Waals surface area (Å²) in [5.41, 5.74) is 0. The molecule has 0 aliphatic rings. The molecule has 2 atom stereocenters. The Bertz CT molecular complexity index is 1290. The summed E-state index contributed by atoms with van der Waals surface area (Å²) in [5, 5.41) is 9.59. The molecule has 0 fully saturated rings. The Balaban J connectivity index is 4.61. The van der Waals surface area contributed by atoms with E-state index in [9.17, 15) is 19.5 Å². The molecule has 300 valence electrons. The predicted molar refractivity (Wildman–Crippen MR) is 224 cm³/mol. The number of esters is 2. The molecule has 8 nitrogen and oxygen atoms in total. The van der Waals surface area contributed by atoms with Crippen LogP contribution in [-0.4, -0.2) is 80.6 Å². The molecule has 0 saturated heterocycles. The lowest BCUT2D eigenvalue weighted by Crippen LogP contribution is -2.50. The first-order valence-corrected chi connectivity index (χ1v) is 19.7. The SMILES string of the molecule is CC/C=C/C=C/C=C/C=C/C=C/C=C/C=C/CCCCCC(=O)OC(COCCC(C(=O)O)[N+](C)(C)C)COC(=O)CCC/C=C/C/C=C/C/C=C/CC. The Kier molecular flexibility index (Phi) is 32.9. The van der Waals surface area contributed by atoms with E-state index >= 15 is 0 Å². The van der Waals surface area contributed by atoms with Crippen molar-refractivity contribution in [1.82, 2.24) is 0 Å². The molecule has 2 unspecified atom stereocenters. The normalized spacial score (nSPS) is 14.3. The minimum atomic E-state index is -0.898. The Labute approximate surface area is 327 Å². The van der Waals surface area contributed by atoms with Crippen LogP contribution in [-0.2, 0) is 28.6 Å². The van der Waals surface area contributed by atoms with E-state index in [1.54, 1.807) is 0 Å². The lowest BCUT2D eigenvalue weighted by atomic mass is 10.1. The van der Waals surface area contributed by atoms with Gasteiger partial charge >= 0.3 is 17.9 Å². The number of hydrogen-bond acceptors (Lipinski definition) is 6. The predicted octanol–water partition coefficient (Wildman–Crippen LogP) is 10.3. The Morgan fingerprint density at radius 3 is 1.67 bits per heavy atom. The van der Waals surface area contributed by atoms with E-state index in [0.29, 0.717) is 19.3 Å². The minimum absolute atomic E-state index is 0.0165. The monoisotopic (exact) mass is 749 g/mol. The van der Waals surface area contributed by atoms with Crippen LogP contribution in [0.5, 0.6) is 0 Å². The number of aliphatic carboxylic acids is 1. The largest absolute Gasteiger partial charge is 0.477 e. The summed E-state index contributed by atoms with van der Waals surface area (Å²) in [4.78, 5) is 36.8. The van der Waals surface area contributed by atoms with Crippen molar-refractivity contribution < 1.29 is 38.2 Å². The Hall–Kier alpha value is -4.27. The van der Waals surface area contributed by atoms with Crippen LogP contribution in [0.4, 0.5) is 0 Å². The number of unbranched alkanes of at least 4 members (excludes halogenated alkanes) is 4. The molecule has 0 radical (unpaired) electrons. The minimum Gasteiger partial charge on any atom is -0.477 e. The van der Waals surface area contributed by atoms with Crippen LogP contribution in [0, 0.1) is 0 Å². The number of hydrogen-bond donors (Lipinski definition) is 1. The molecule has 0 aromatic rings. The second-order valence-corrected chi connectivity index (χ2v) is 13.6. The highest BCUT2D eigenvalue weighted by molar-refractivity contribution is 5.72. The van der Waals surface area contributed by atoms with Crippen molar-refractivity contribution in [3.05, 3.63) is 122 Å². The zero-order valence-corrected chi connectivity index (χ0v) is 33.9. The van der Waals surface area contributed by atoms with Crippen molar-refractivity contribution in [1.29, 1.82) is 0 Å². The molecule has 0 aliphatic carbocycles. The zero-order valence-electron chi connectivity index (χ0n) is 33.9. The van der Waals surface area contributed by atoms with Crippen molar-refractivity contribution in [3.63, 3.8) is 0 Å². The van der Waals surface area contributed by atoms with Crippen LogP contribution in [0.1, 0.15) is 97.3 Å². The van der Waals surface area contributed by atoms with Gasteiger partial charge in [-0.1, -0.05) is 142 Å². The third-order valence-corrected chi connectivity index (χ3v) is 7.80. The van der Waals surface area contributed by atoms with E-state index in [-0.39, 0.29) is 49.1 Å². The summed E-state index contributed by atoms with van der Waals surface area (Å²) >= 11 is 0. The van der Waals surface area contributed by atoms with E-state index in [1.807, 2.05) is 94.1 Å². The van der Waals surface area contributed by atoms with E-state index in [0.717, 1.165) is 51.4 Å². The van der Waals surface area contributed by atoms with Gasteiger partial charge in [-0.25, -0.2) is 4.79 Å². The van der Waals surface area contributed by atoms with Crippen molar-refractivity contribution in [3.8, 4) is 0 Å². The van der Waals surface area contributed by atoms with Gasteiger partial charge in [-0.15, -0.1) is 0 Å². The highest BCUT2D eigenvalue weighted by atomic mass is 16.6. The fourth-order valence-corrected chi connectivity index (χ4v) is 4.80. The molecule has 0 aromatic heterocycles. The lowest BCUT2D eigenvalue weighted by Gasteiger charge is -2.31. The first kappa shape index (κ1) is 49.7. The molecule has 0 heterocycles. The topological polar surface area (TPSA) is 99.1 Å². The third-order valence-electron chi connectivity index (χ3n) is 7.80. The number of allylic oxidation sites excluding steroid dienone is 20. The van der Waals surface area contributed by atoms with Crippen LogP contribution >= 0.6 is 0 Å². The van der Waals surface area contributed by atoms with Gasteiger partial charge in [0, 0.05) is 19.3 Å². The number of likely N-dealkylation sites (N-methyl/N-ethyl adjacent to an activating group) is 1. The first-order valence-electron chi connectivity index (χ1n) is 19.7. The summed E-state index contributed by atoms with van der Waals surface area (Å²) in [6.45, 7) is 4.31. The van der Waals surface area contributed by atoms with E-state index in [2.05, 4.69) is 62.5 Å². The van der Waals surface area contributed by atoms with Crippen molar-refractivity contribution >= 4 is 17.9 Å². The lowest BCUT2D eigenvalue weighted by molar-refractivity contribution is -0.887. The van der Waals surface area contributed by atoms with Gasteiger partial charge in [-0.3, -0.25) is 9.59 Å². The summed E-state index contributed by atoms with van der Waals surface area (Å²) in [6.07, 6.45) is 49.7. The number of ether oxygens (including phenoxy) is 3. The molecule has 0 aliphatic heterocycles. The van der Waals surface area contributed by atoms with Gasteiger partial charge in [0.05, 0.1) is 34.4 Å². The smallest absolute Gasteiger partial charge is 0.362 e. The maximum absolute atomic E-state index is 12.7. The van der Waals surface area contributed by atoms with Gasteiger partial charge in [0.2, 0.25) is 0 Å². The van der Waals surface area contributed by atoms with Crippen LogP contribution in [0.3, 0.4) is 0 Å². The van der Waals surface area contributed by atoms with Gasteiger partial charge in [0.1, 0.15) is 6.61 Å². The van der Waals surface area contributed by atoms with Crippen molar-refractivity contribution in [2.24, 2.45) is 0 Å². The Morgan fingerprint density at radius 1 is 0.574 bits per heavy atom. The Morgan fingerprint density at radius 2 is 1.09 bits per heavy atom. The molecule has 8 heteroatoms. The van der Waals surface area contributed by atoms with Crippen molar-refractivity contribution in [2.75, 3.05) is 41.0 Å². The average molecular weight is 749 g/mol. The van der Waals surface area contributed by atoms with Gasteiger partial charge in [-0.2, -0.15) is 0 Å². The standard InChI is InChI=1S/C46H69NO7/c1-6-8-10-12-14-16-18-19-20-21-22-23-24-25-27-29-31-33-35-37-45(49)54-42(40-52-39-38-43(46(50)51)47(3,4)5)41-53-44(48)36-34-32-30-28-26-17-15-13-11-9-7-2/h8-12,14-25,27-28,30,42-43H,6-7,13,26,29,31-41H2,1-5H3/p+1/b10-8+,11-9+,14-12+,17-15+,18-16+,20-19+,22-21+,24-23+,27-25+,30-28+.